The average molecular weight is 456 g/mol. The number of hydrogen-bond acceptors (Lipinski definition) is 3. The Morgan fingerprint density at radius 3 is 2.47 bits per heavy atom. The second-order valence-electron chi connectivity index (χ2n) is 9.33. The van der Waals surface area contributed by atoms with Gasteiger partial charge in [-0.05, 0) is 58.7 Å². The van der Waals surface area contributed by atoms with Crippen LogP contribution in [0.2, 0.25) is 0 Å². The molecule has 0 saturated heterocycles. The summed E-state index contributed by atoms with van der Waals surface area (Å²) >= 11 is 0. The van der Waals surface area contributed by atoms with E-state index in [1.165, 1.54) is 29.3 Å². The Kier molecular flexibility index (Phi) is 6.29. The number of carboxylic acid groups (broad SMARTS) is 1. The van der Waals surface area contributed by atoms with Crippen molar-refractivity contribution in [3.8, 4) is 0 Å². The van der Waals surface area contributed by atoms with Crippen molar-refractivity contribution < 1.29 is 14.3 Å². The predicted octanol–water partition coefficient (Wildman–Crippen LogP) is 7.47. The molecule has 1 unspecified atom stereocenters. The molecule has 0 fully saturated rings. The van der Waals surface area contributed by atoms with Crippen LogP contribution in [0.4, 0.5) is 4.39 Å². The molecule has 0 amide bonds. The van der Waals surface area contributed by atoms with E-state index in [9.17, 15) is 14.1 Å². The van der Waals surface area contributed by atoms with E-state index in [4.69, 9.17) is 5.11 Å². The van der Waals surface area contributed by atoms with Crippen molar-refractivity contribution in [2.24, 2.45) is 5.18 Å². The molecule has 0 heterocycles. The lowest BCUT2D eigenvalue weighted by Crippen LogP contribution is -2.22. The fourth-order valence-corrected chi connectivity index (χ4v) is 4.32. The van der Waals surface area contributed by atoms with Crippen LogP contribution < -0.4 is 0 Å². The Balaban J connectivity index is 1.68. The van der Waals surface area contributed by atoms with Gasteiger partial charge in [0.15, 0.2) is 0 Å². The highest BCUT2D eigenvalue weighted by Gasteiger charge is 2.29. The lowest BCUT2D eigenvalue weighted by molar-refractivity contribution is 0.0696. The minimum absolute atomic E-state index is 0.116. The molecule has 3 aromatic rings. The molecule has 1 aliphatic carbocycles. The van der Waals surface area contributed by atoms with E-state index in [-0.39, 0.29) is 16.5 Å². The molecule has 3 aromatic carbocycles. The van der Waals surface area contributed by atoms with Crippen molar-refractivity contribution in [2.45, 2.75) is 38.6 Å². The van der Waals surface area contributed by atoms with E-state index in [1.54, 1.807) is 6.08 Å². The van der Waals surface area contributed by atoms with E-state index >= 15 is 0 Å². The van der Waals surface area contributed by atoms with Gasteiger partial charge >= 0.3 is 5.97 Å². The number of hydrogen-bond donors (Lipinski definition) is 1. The van der Waals surface area contributed by atoms with Gasteiger partial charge in [-0.3, -0.25) is 0 Å². The summed E-state index contributed by atoms with van der Waals surface area (Å²) in [4.78, 5) is 22.7. The highest BCUT2D eigenvalue weighted by Crippen LogP contribution is 2.42. The monoisotopic (exact) mass is 455 g/mol. The summed E-state index contributed by atoms with van der Waals surface area (Å²) < 4.78 is 14.3. The van der Waals surface area contributed by atoms with Gasteiger partial charge in [-0.2, -0.15) is 0 Å². The van der Waals surface area contributed by atoms with Crippen molar-refractivity contribution in [1.82, 2.24) is 0 Å². The molecule has 1 atom stereocenters. The number of aromatic carboxylic acids is 1. The van der Waals surface area contributed by atoms with Gasteiger partial charge in [0.1, 0.15) is 11.9 Å². The van der Waals surface area contributed by atoms with E-state index in [1.807, 2.05) is 18.2 Å². The number of fused-ring (bicyclic) bond motifs is 1. The molecule has 0 bridgehead atoms. The number of halogens is 1. The third-order valence-corrected chi connectivity index (χ3v) is 6.40. The number of aryl methyl sites for hydroxylation is 1. The fraction of sp³-hybridized carbons (Fsp3) is 0.207. The Morgan fingerprint density at radius 1 is 1.09 bits per heavy atom. The molecule has 1 N–H and O–H groups in total. The Bertz CT molecular complexity index is 1320. The van der Waals surface area contributed by atoms with E-state index < -0.39 is 17.8 Å². The number of allylic oxidation sites excluding steroid dienone is 1. The maximum absolute atomic E-state index is 14.3. The van der Waals surface area contributed by atoms with Gasteiger partial charge in [-0.25, -0.2) is 9.18 Å². The summed E-state index contributed by atoms with van der Waals surface area (Å²) in [7, 11) is 0. The molecule has 0 spiro atoms. The summed E-state index contributed by atoms with van der Waals surface area (Å²) in [6.45, 7) is 6.42. The smallest absolute Gasteiger partial charge is 0.335 e. The fourth-order valence-electron chi connectivity index (χ4n) is 4.32. The van der Waals surface area contributed by atoms with Crippen LogP contribution in [-0.2, 0) is 5.41 Å². The Hall–Kier alpha value is -3.86. The first-order valence-corrected chi connectivity index (χ1v) is 11.1. The molecule has 34 heavy (non-hydrogen) atoms. The topological polar surface area (TPSA) is 66.7 Å². The van der Waals surface area contributed by atoms with Crippen LogP contribution >= 0.6 is 0 Å². The molecule has 1 aliphatic rings. The van der Waals surface area contributed by atoms with Crippen LogP contribution in [-0.4, -0.2) is 11.1 Å². The van der Waals surface area contributed by atoms with Crippen LogP contribution in [0.15, 0.2) is 78.0 Å². The highest BCUT2D eigenvalue weighted by molar-refractivity contribution is 5.88. The van der Waals surface area contributed by atoms with Crippen molar-refractivity contribution in [2.75, 3.05) is 0 Å². The normalized spacial score (nSPS) is 15.5. The Labute approximate surface area is 198 Å². The maximum Gasteiger partial charge on any atom is 0.335 e. The SMILES string of the molecule is Cc1ccc(C2=CCC(C)(C)c3cc(C(C=Cc4ccc(C(=O)O)cc4F)N=O)ccc32)cc1. The van der Waals surface area contributed by atoms with Crippen LogP contribution in [0, 0.1) is 17.6 Å². The first kappa shape index (κ1) is 23.3. The lowest BCUT2D eigenvalue weighted by Gasteiger charge is -2.33. The number of rotatable bonds is 6. The first-order valence-electron chi connectivity index (χ1n) is 11.1. The van der Waals surface area contributed by atoms with Gasteiger partial charge in [-0.1, -0.05) is 91.3 Å². The third kappa shape index (κ3) is 4.60. The average Bonchev–Trinajstić information content (AvgIpc) is 2.81. The molecular formula is C29H26FNO3. The zero-order valence-corrected chi connectivity index (χ0v) is 19.4. The predicted molar refractivity (Wildman–Crippen MR) is 133 cm³/mol. The number of carboxylic acids is 1. The summed E-state index contributed by atoms with van der Waals surface area (Å²) in [6, 6.07) is 17.3. The van der Waals surface area contributed by atoms with Crippen molar-refractivity contribution >= 4 is 17.6 Å². The molecule has 0 aliphatic heterocycles. The molecule has 4 rings (SSSR count). The number of carbonyl (C=O) groups is 1. The van der Waals surface area contributed by atoms with Crippen LogP contribution in [0.5, 0.6) is 0 Å². The van der Waals surface area contributed by atoms with Gasteiger partial charge < -0.3 is 5.11 Å². The number of nitroso groups, excluding NO2 is 1. The minimum atomic E-state index is -1.20. The van der Waals surface area contributed by atoms with E-state index in [0.29, 0.717) is 0 Å². The molecule has 0 aromatic heterocycles. The van der Waals surface area contributed by atoms with Crippen LogP contribution in [0.1, 0.15) is 70.0 Å². The molecule has 5 heteroatoms. The van der Waals surface area contributed by atoms with Crippen molar-refractivity contribution in [1.29, 1.82) is 0 Å². The summed E-state index contributed by atoms with van der Waals surface area (Å²) in [6.07, 6.45) is 6.14. The second kappa shape index (κ2) is 9.18. The van der Waals surface area contributed by atoms with Crippen LogP contribution in [0.25, 0.3) is 11.6 Å². The van der Waals surface area contributed by atoms with Gasteiger partial charge in [0.05, 0.1) is 5.56 Å². The summed E-state index contributed by atoms with van der Waals surface area (Å²) in [5, 5.41) is 12.3. The van der Waals surface area contributed by atoms with E-state index in [2.05, 4.69) is 56.3 Å². The van der Waals surface area contributed by atoms with Gasteiger partial charge in [0.25, 0.3) is 0 Å². The standard InChI is InChI=1S/C29H26FNO3/c1-18-4-6-19(7-5-18)23-14-15-29(2,3)25-16-21(10-12-24(23)25)27(31-34)13-11-20-8-9-22(28(32)33)17-26(20)30/h4-14,16-17,27H,15H2,1-3H3,(H,32,33). The van der Waals surface area contributed by atoms with Crippen molar-refractivity contribution in [3.63, 3.8) is 0 Å². The quantitative estimate of drug-likeness (QED) is 0.392. The minimum Gasteiger partial charge on any atom is -0.478 e. The largest absolute Gasteiger partial charge is 0.478 e. The van der Waals surface area contributed by atoms with Gasteiger partial charge in [-0.15, -0.1) is 4.91 Å². The molecule has 0 radical (unpaired) electrons. The van der Waals surface area contributed by atoms with Gasteiger partial charge in [0, 0.05) is 5.56 Å². The van der Waals surface area contributed by atoms with Gasteiger partial charge in [0.2, 0.25) is 0 Å². The zero-order chi connectivity index (χ0) is 24.5. The zero-order valence-electron chi connectivity index (χ0n) is 19.4. The highest BCUT2D eigenvalue weighted by atomic mass is 19.1. The number of benzene rings is 3. The van der Waals surface area contributed by atoms with Crippen LogP contribution in [0.3, 0.4) is 0 Å². The molecule has 0 saturated carbocycles. The molecule has 4 nitrogen and oxygen atoms in total. The molecular weight excluding hydrogens is 429 g/mol. The first-order chi connectivity index (χ1) is 16.2. The van der Waals surface area contributed by atoms with Crippen molar-refractivity contribution in [3.05, 3.63) is 122 Å². The summed E-state index contributed by atoms with van der Waals surface area (Å²) in [5.74, 6) is -1.86. The lowest BCUT2D eigenvalue weighted by atomic mass is 9.71. The second-order valence-corrected chi connectivity index (χ2v) is 9.33. The maximum atomic E-state index is 14.3. The Morgan fingerprint density at radius 2 is 1.82 bits per heavy atom. The number of nitrogens with zero attached hydrogens (tertiary/aromatic N) is 1. The molecule has 172 valence electrons. The summed E-state index contributed by atoms with van der Waals surface area (Å²) in [5.41, 5.74) is 6.48. The third-order valence-electron chi connectivity index (χ3n) is 6.40. The van der Waals surface area contributed by atoms with E-state index in [0.717, 1.165) is 34.7 Å².